The number of fused-ring (bicyclic) bond motifs is 1. The van der Waals surface area contributed by atoms with Crippen molar-refractivity contribution in [1.29, 1.82) is 0 Å². The fraction of sp³-hybridized carbons (Fsp3) is 0.381. The summed E-state index contributed by atoms with van der Waals surface area (Å²) in [6, 6.07) is 7.44. The smallest absolute Gasteiger partial charge is 0.265 e. The first-order valence-electron chi connectivity index (χ1n) is 9.61. The van der Waals surface area contributed by atoms with Crippen LogP contribution in [0.1, 0.15) is 27.2 Å². The summed E-state index contributed by atoms with van der Waals surface area (Å²) in [6.45, 7) is 7.22. The van der Waals surface area contributed by atoms with Gasteiger partial charge in [-0.25, -0.2) is 0 Å². The number of aromatic nitrogens is 2. The maximum atomic E-state index is 12.6. The van der Waals surface area contributed by atoms with Gasteiger partial charge in [-0.1, -0.05) is 12.1 Å². The molecule has 0 unspecified atom stereocenters. The van der Waals surface area contributed by atoms with Gasteiger partial charge >= 0.3 is 0 Å². The maximum Gasteiger partial charge on any atom is 0.265 e. The van der Waals surface area contributed by atoms with Crippen LogP contribution in [0.2, 0.25) is 0 Å². The van der Waals surface area contributed by atoms with Crippen molar-refractivity contribution in [3.8, 4) is 5.88 Å². The van der Waals surface area contributed by atoms with Gasteiger partial charge in [-0.3, -0.25) is 14.0 Å². The molecule has 0 radical (unpaired) electrons. The molecule has 0 aliphatic carbocycles. The highest BCUT2D eigenvalue weighted by Crippen LogP contribution is 2.19. The molecular weight excluding hydrogens is 388 g/mol. The number of likely N-dealkylation sites (N-methyl/N-ethyl adjacent to an activating group) is 1. The molecule has 0 spiro atoms. The van der Waals surface area contributed by atoms with E-state index in [9.17, 15) is 9.59 Å². The first-order chi connectivity index (χ1) is 13.9. The van der Waals surface area contributed by atoms with Gasteiger partial charge in [0, 0.05) is 42.8 Å². The van der Waals surface area contributed by atoms with Gasteiger partial charge in [0.05, 0.1) is 5.56 Å². The van der Waals surface area contributed by atoms with Crippen LogP contribution in [0.5, 0.6) is 5.88 Å². The minimum Gasteiger partial charge on any atom is -0.472 e. The van der Waals surface area contributed by atoms with Gasteiger partial charge < -0.3 is 14.5 Å². The van der Waals surface area contributed by atoms with E-state index in [0.29, 0.717) is 22.0 Å². The maximum absolute atomic E-state index is 12.6. The number of benzene rings is 1. The first kappa shape index (κ1) is 19.6. The molecule has 1 fully saturated rings. The van der Waals surface area contributed by atoms with Crippen molar-refractivity contribution < 1.29 is 9.53 Å². The molecule has 8 heteroatoms. The van der Waals surface area contributed by atoms with Crippen LogP contribution in [0, 0.1) is 13.8 Å². The van der Waals surface area contributed by atoms with Crippen LogP contribution in [-0.4, -0.2) is 58.3 Å². The Hall–Kier alpha value is -2.71. The Bertz CT molecular complexity index is 1100. The standard InChI is InChI=1S/C21H24N4O3S/c1-14-13-29-21-22-18(15(2)19(26)25(14)21)28-12-16-4-6-17(7-5-16)20(27)24-10-8-23(3)9-11-24/h4-7,13H,8-12H2,1-3H3. The normalized spacial score (nSPS) is 15.1. The Balaban J connectivity index is 1.44. The quantitative estimate of drug-likeness (QED) is 0.658. The number of hydrogen-bond acceptors (Lipinski definition) is 6. The zero-order chi connectivity index (χ0) is 20.5. The fourth-order valence-corrected chi connectivity index (χ4v) is 4.22. The summed E-state index contributed by atoms with van der Waals surface area (Å²) >= 11 is 1.42. The second-order valence-electron chi connectivity index (χ2n) is 7.42. The molecule has 4 rings (SSSR count). The fourth-order valence-electron chi connectivity index (χ4n) is 3.38. The van der Waals surface area contributed by atoms with Gasteiger partial charge in [0.1, 0.15) is 6.61 Å². The minimum atomic E-state index is -0.100. The van der Waals surface area contributed by atoms with Crippen LogP contribution in [0.4, 0.5) is 0 Å². The van der Waals surface area contributed by atoms with Gasteiger partial charge in [0.2, 0.25) is 5.88 Å². The number of aryl methyl sites for hydroxylation is 1. The molecule has 1 saturated heterocycles. The number of carbonyl (C=O) groups excluding carboxylic acids is 1. The molecule has 2 aromatic heterocycles. The van der Waals surface area contributed by atoms with Gasteiger partial charge in [0.25, 0.3) is 11.5 Å². The lowest BCUT2D eigenvalue weighted by Crippen LogP contribution is -2.47. The van der Waals surface area contributed by atoms with Crippen LogP contribution in [-0.2, 0) is 6.61 Å². The molecule has 3 aromatic rings. The SMILES string of the molecule is Cc1c(OCc2ccc(C(=O)N3CCN(C)CC3)cc2)nc2scc(C)n2c1=O. The number of rotatable bonds is 4. The van der Waals surface area contributed by atoms with Gasteiger partial charge in [-0.2, -0.15) is 4.98 Å². The lowest BCUT2D eigenvalue weighted by atomic mass is 10.1. The van der Waals surface area contributed by atoms with E-state index in [4.69, 9.17) is 4.74 Å². The van der Waals surface area contributed by atoms with E-state index in [1.54, 1.807) is 11.3 Å². The molecule has 0 saturated carbocycles. The number of nitrogens with zero attached hydrogens (tertiary/aromatic N) is 4. The number of piperazine rings is 1. The molecule has 1 aromatic carbocycles. The Morgan fingerprint density at radius 2 is 1.83 bits per heavy atom. The molecule has 152 valence electrons. The van der Waals surface area contributed by atoms with Crippen LogP contribution < -0.4 is 10.3 Å². The summed E-state index contributed by atoms with van der Waals surface area (Å²) in [6.07, 6.45) is 0. The van der Waals surface area contributed by atoms with Gasteiger partial charge in [-0.05, 0) is 38.6 Å². The van der Waals surface area contributed by atoms with Crippen LogP contribution in [0.3, 0.4) is 0 Å². The molecule has 1 aliphatic heterocycles. The Morgan fingerprint density at radius 3 is 2.52 bits per heavy atom. The average Bonchev–Trinajstić information content (AvgIpc) is 3.10. The van der Waals surface area contributed by atoms with Crippen molar-refractivity contribution in [3.05, 3.63) is 62.4 Å². The van der Waals surface area contributed by atoms with Crippen molar-refractivity contribution in [2.45, 2.75) is 20.5 Å². The zero-order valence-electron chi connectivity index (χ0n) is 16.8. The highest BCUT2D eigenvalue weighted by atomic mass is 32.1. The first-order valence-corrected chi connectivity index (χ1v) is 10.5. The van der Waals surface area contributed by atoms with Crippen molar-refractivity contribution in [2.75, 3.05) is 33.2 Å². The molecular formula is C21H24N4O3S. The summed E-state index contributed by atoms with van der Waals surface area (Å²) in [5.74, 6) is 0.420. The lowest BCUT2D eigenvalue weighted by molar-refractivity contribution is 0.0664. The highest BCUT2D eigenvalue weighted by molar-refractivity contribution is 7.15. The lowest BCUT2D eigenvalue weighted by Gasteiger charge is -2.32. The van der Waals surface area contributed by atoms with E-state index < -0.39 is 0 Å². The molecule has 0 atom stereocenters. The van der Waals surface area contributed by atoms with E-state index >= 15 is 0 Å². The summed E-state index contributed by atoms with van der Waals surface area (Å²) in [7, 11) is 2.07. The topological polar surface area (TPSA) is 67.2 Å². The van der Waals surface area contributed by atoms with Crippen molar-refractivity contribution in [2.24, 2.45) is 0 Å². The second kappa shape index (κ2) is 7.96. The Kier molecular flexibility index (Phi) is 5.38. The van der Waals surface area contributed by atoms with E-state index in [1.165, 1.54) is 11.3 Å². The largest absolute Gasteiger partial charge is 0.472 e. The monoisotopic (exact) mass is 412 g/mol. The van der Waals surface area contributed by atoms with Gasteiger partial charge in [0.15, 0.2) is 4.96 Å². The molecule has 0 N–H and O–H groups in total. The van der Waals surface area contributed by atoms with E-state index in [2.05, 4.69) is 16.9 Å². The number of carbonyl (C=O) groups is 1. The van der Waals surface area contributed by atoms with Crippen molar-refractivity contribution >= 4 is 22.2 Å². The van der Waals surface area contributed by atoms with Crippen LogP contribution in [0.25, 0.3) is 4.96 Å². The third-order valence-electron chi connectivity index (χ3n) is 5.29. The Morgan fingerprint density at radius 1 is 1.14 bits per heavy atom. The molecule has 7 nitrogen and oxygen atoms in total. The molecule has 0 bridgehead atoms. The summed E-state index contributed by atoms with van der Waals surface area (Å²) in [4.78, 5) is 34.4. The van der Waals surface area contributed by atoms with E-state index in [0.717, 1.165) is 37.4 Å². The predicted molar refractivity (Wildman–Crippen MR) is 113 cm³/mol. The van der Waals surface area contributed by atoms with E-state index in [1.807, 2.05) is 41.5 Å². The van der Waals surface area contributed by atoms with Crippen LogP contribution >= 0.6 is 11.3 Å². The molecule has 1 amide bonds. The second-order valence-corrected chi connectivity index (χ2v) is 8.26. The van der Waals surface area contributed by atoms with E-state index in [-0.39, 0.29) is 18.1 Å². The molecule has 1 aliphatic rings. The average molecular weight is 413 g/mol. The van der Waals surface area contributed by atoms with Crippen molar-refractivity contribution in [3.63, 3.8) is 0 Å². The zero-order valence-corrected chi connectivity index (χ0v) is 17.7. The third kappa shape index (κ3) is 3.90. The number of thiazole rings is 1. The highest BCUT2D eigenvalue weighted by Gasteiger charge is 2.20. The number of ether oxygens (including phenoxy) is 1. The number of amides is 1. The molecule has 29 heavy (non-hydrogen) atoms. The van der Waals surface area contributed by atoms with Crippen LogP contribution in [0.15, 0.2) is 34.4 Å². The number of hydrogen-bond donors (Lipinski definition) is 0. The molecule has 3 heterocycles. The summed E-state index contributed by atoms with van der Waals surface area (Å²) in [5, 5.41) is 1.91. The van der Waals surface area contributed by atoms with Gasteiger partial charge in [-0.15, -0.1) is 11.3 Å². The third-order valence-corrected chi connectivity index (χ3v) is 6.23. The van der Waals surface area contributed by atoms with Crippen molar-refractivity contribution in [1.82, 2.24) is 19.2 Å². The Labute approximate surface area is 173 Å². The predicted octanol–water partition coefficient (Wildman–Crippen LogP) is 2.34. The summed E-state index contributed by atoms with van der Waals surface area (Å²) < 4.78 is 7.43. The summed E-state index contributed by atoms with van der Waals surface area (Å²) in [5.41, 5.74) is 2.87. The minimum absolute atomic E-state index is 0.0645.